The number of carboxylic acids is 1. The van der Waals surface area contributed by atoms with E-state index in [9.17, 15) is 14.4 Å². The van der Waals surface area contributed by atoms with Crippen LogP contribution in [0, 0.1) is 5.41 Å². The summed E-state index contributed by atoms with van der Waals surface area (Å²) in [5, 5.41) is 11.9. The van der Waals surface area contributed by atoms with Crippen molar-refractivity contribution in [2.75, 3.05) is 28.8 Å². The van der Waals surface area contributed by atoms with Crippen LogP contribution in [0.15, 0.2) is 48.5 Å². The van der Waals surface area contributed by atoms with E-state index in [4.69, 9.17) is 5.11 Å². The van der Waals surface area contributed by atoms with Gasteiger partial charge in [-0.1, -0.05) is 62.0 Å². The van der Waals surface area contributed by atoms with Crippen molar-refractivity contribution in [1.29, 1.82) is 0 Å². The molecule has 2 aromatic rings. The van der Waals surface area contributed by atoms with E-state index in [1.165, 1.54) is 11.8 Å². The highest BCUT2D eigenvalue weighted by Crippen LogP contribution is 2.31. The zero-order valence-electron chi connectivity index (χ0n) is 20.5. The quantitative estimate of drug-likeness (QED) is 0.356. The predicted molar refractivity (Wildman–Crippen MR) is 144 cm³/mol. The van der Waals surface area contributed by atoms with Crippen LogP contribution in [-0.2, 0) is 15.3 Å². The summed E-state index contributed by atoms with van der Waals surface area (Å²) in [6.07, 6.45) is 0.0974. The maximum atomic E-state index is 13.2. The van der Waals surface area contributed by atoms with Crippen LogP contribution in [0.4, 0.5) is 11.4 Å². The van der Waals surface area contributed by atoms with E-state index in [1.54, 1.807) is 12.1 Å². The van der Waals surface area contributed by atoms with Crippen molar-refractivity contribution >= 4 is 51.9 Å². The van der Waals surface area contributed by atoms with Crippen molar-refractivity contribution in [2.24, 2.45) is 5.41 Å². The number of nitrogens with zero attached hydrogens (tertiary/aromatic N) is 1. The van der Waals surface area contributed by atoms with E-state index >= 15 is 0 Å². The number of amides is 1. The lowest BCUT2D eigenvalue weighted by atomic mass is 9.95. The van der Waals surface area contributed by atoms with Crippen molar-refractivity contribution in [3.63, 3.8) is 0 Å². The highest BCUT2D eigenvalue weighted by atomic mass is 32.2. The summed E-state index contributed by atoms with van der Waals surface area (Å²) >= 11 is 2.66. The van der Waals surface area contributed by atoms with Crippen molar-refractivity contribution in [1.82, 2.24) is 0 Å². The molecular weight excluding hydrogens is 468 g/mol. The van der Waals surface area contributed by atoms with Gasteiger partial charge < -0.3 is 15.3 Å². The average Bonchev–Trinajstić information content (AvgIpc) is 2.80. The molecule has 0 fully saturated rings. The van der Waals surface area contributed by atoms with Gasteiger partial charge in [0.05, 0.1) is 11.8 Å². The number of carbonyl (C=O) groups is 3. The topological polar surface area (TPSA) is 86.7 Å². The van der Waals surface area contributed by atoms with Crippen molar-refractivity contribution in [3.8, 4) is 0 Å². The molecule has 8 heteroatoms. The Balaban J connectivity index is 2.14. The monoisotopic (exact) mass is 502 g/mol. The Labute approximate surface area is 210 Å². The zero-order chi connectivity index (χ0) is 25.3. The lowest BCUT2D eigenvalue weighted by Crippen LogP contribution is -2.34. The molecule has 0 aromatic heterocycles. The third-order valence-electron chi connectivity index (χ3n) is 5.43. The minimum absolute atomic E-state index is 0.0578. The van der Waals surface area contributed by atoms with Gasteiger partial charge >= 0.3 is 5.97 Å². The third-order valence-corrected chi connectivity index (χ3v) is 7.80. The van der Waals surface area contributed by atoms with Gasteiger partial charge in [-0.2, -0.15) is 11.8 Å². The Kier molecular flexibility index (Phi) is 10.5. The molecule has 1 amide bonds. The summed E-state index contributed by atoms with van der Waals surface area (Å²) in [5.41, 5.74) is 2.48. The number of carbonyl (C=O) groups excluding carboxylic acids is 2. The zero-order valence-corrected chi connectivity index (χ0v) is 22.1. The molecule has 184 valence electrons. The van der Waals surface area contributed by atoms with Gasteiger partial charge in [-0.25, -0.2) is 0 Å². The van der Waals surface area contributed by atoms with Crippen LogP contribution in [0.5, 0.6) is 0 Å². The number of hydrogen-bond donors (Lipinski definition) is 2. The van der Waals surface area contributed by atoms with E-state index in [0.29, 0.717) is 28.5 Å². The Hall–Kier alpha value is -2.45. The van der Waals surface area contributed by atoms with E-state index in [0.717, 1.165) is 23.0 Å². The number of benzene rings is 2. The number of aliphatic carboxylic acids is 1. The van der Waals surface area contributed by atoms with E-state index < -0.39 is 11.4 Å². The molecular formula is C26H34N2O4S2. The number of rotatable bonds is 12. The molecule has 0 aliphatic heterocycles. The van der Waals surface area contributed by atoms with E-state index in [2.05, 4.69) is 24.1 Å². The fraction of sp³-hybridized carbons (Fsp3) is 0.423. The molecule has 0 atom stereocenters. The van der Waals surface area contributed by atoms with Crippen molar-refractivity contribution in [3.05, 3.63) is 59.7 Å². The first kappa shape index (κ1) is 27.8. The fourth-order valence-electron chi connectivity index (χ4n) is 2.93. The largest absolute Gasteiger partial charge is 0.481 e. The molecule has 0 bridgehead atoms. The highest BCUT2D eigenvalue weighted by Gasteiger charge is 2.29. The lowest BCUT2D eigenvalue weighted by Gasteiger charge is -2.27. The molecule has 0 aliphatic carbocycles. The maximum Gasteiger partial charge on any atom is 0.304 e. The molecule has 0 spiro atoms. The Bertz CT molecular complexity index is 994. The number of thioether (sulfide) groups is 2. The molecule has 0 radical (unpaired) electrons. The highest BCUT2D eigenvalue weighted by molar-refractivity contribution is 8.14. The Morgan fingerprint density at radius 2 is 1.76 bits per heavy atom. The Morgan fingerprint density at radius 3 is 2.38 bits per heavy atom. The van der Waals surface area contributed by atoms with Crippen LogP contribution in [0.1, 0.15) is 50.0 Å². The van der Waals surface area contributed by atoms with Crippen LogP contribution in [0.25, 0.3) is 0 Å². The smallest absolute Gasteiger partial charge is 0.304 e. The molecule has 0 unspecified atom stereocenters. The molecule has 2 aromatic carbocycles. The summed E-state index contributed by atoms with van der Waals surface area (Å²) < 4.78 is 0. The SMILES string of the molecule is CC(C)N(C)c1ccc(CSCCC(=O)O)c(NC(=O)C(C)(C)CSC(=O)c2ccccc2)c1. The predicted octanol–water partition coefficient (Wildman–Crippen LogP) is 5.78. The van der Waals surface area contributed by atoms with Crippen LogP contribution < -0.4 is 10.2 Å². The average molecular weight is 503 g/mol. The van der Waals surface area contributed by atoms with Crippen LogP contribution >= 0.6 is 23.5 Å². The van der Waals surface area contributed by atoms with Gasteiger partial charge in [0.1, 0.15) is 0 Å². The van der Waals surface area contributed by atoms with Crippen molar-refractivity contribution < 1.29 is 19.5 Å². The maximum absolute atomic E-state index is 13.2. The summed E-state index contributed by atoms with van der Waals surface area (Å²) in [5.74, 6) is 0.457. The summed E-state index contributed by atoms with van der Waals surface area (Å²) in [6, 6.07) is 15.3. The van der Waals surface area contributed by atoms with Gasteiger partial charge in [0.25, 0.3) is 0 Å². The van der Waals surface area contributed by atoms with Gasteiger partial charge in [0.2, 0.25) is 11.0 Å². The summed E-state index contributed by atoms with van der Waals surface area (Å²) in [4.78, 5) is 38.7. The second-order valence-electron chi connectivity index (χ2n) is 9.02. The van der Waals surface area contributed by atoms with Crippen molar-refractivity contribution in [2.45, 2.75) is 45.9 Å². The van der Waals surface area contributed by atoms with E-state index in [1.807, 2.05) is 57.3 Å². The first-order valence-corrected chi connectivity index (χ1v) is 13.3. The molecule has 0 saturated heterocycles. The summed E-state index contributed by atoms with van der Waals surface area (Å²) in [6.45, 7) is 7.86. The molecule has 0 aliphatic rings. The second-order valence-corrected chi connectivity index (χ2v) is 11.1. The normalized spacial score (nSPS) is 11.4. The van der Waals surface area contributed by atoms with Crippen LogP contribution in [-0.4, -0.2) is 46.7 Å². The molecule has 6 nitrogen and oxygen atoms in total. The van der Waals surface area contributed by atoms with E-state index in [-0.39, 0.29) is 23.5 Å². The molecule has 34 heavy (non-hydrogen) atoms. The number of carboxylic acid groups (broad SMARTS) is 1. The number of nitrogens with one attached hydrogen (secondary N) is 1. The standard InChI is InChI=1S/C26H34N2O4S2/c1-18(2)28(5)21-12-11-20(16-33-14-13-23(29)30)22(15-21)27-25(32)26(3,4)17-34-24(31)19-9-7-6-8-10-19/h6-12,15,18H,13-14,16-17H2,1-5H3,(H,27,32)(H,29,30). The lowest BCUT2D eigenvalue weighted by molar-refractivity contribution is -0.136. The van der Waals surface area contributed by atoms with Crippen LogP contribution in [0.3, 0.4) is 0 Å². The molecule has 0 heterocycles. The minimum atomic E-state index is -0.820. The number of anilines is 2. The van der Waals surface area contributed by atoms with Gasteiger partial charge in [-0.05, 0) is 31.5 Å². The van der Waals surface area contributed by atoms with Gasteiger partial charge in [0, 0.05) is 47.3 Å². The fourth-order valence-corrected chi connectivity index (χ4v) is 4.79. The first-order chi connectivity index (χ1) is 16.0. The molecule has 0 saturated carbocycles. The number of hydrogen-bond acceptors (Lipinski definition) is 6. The summed E-state index contributed by atoms with van der Waals surface area (Å²) in [7, 11) is 2.00. The first-order valence-electron chi connectivity index (χ1n) is 11.2. The van der Waals surface area contributed by atoms with Gasteiger partial charge in [-0.3, -0.25) is 14.4 Å². The molecule has 2 rings (SSSR count). The molecule has 2 N–H and O–H groups in total. The second kappa shape index (κ2) is 12.9. The van der Waals surface area contributed by atoms with Gasteiger partial charge in [-0.15, -0.1) is 0 Å². The van der Waals surface area contributed by atoms with Crippen LogP contribution in [0.2, 0.25) is 0 Å². The van der Waals surface area contributed by atoms with Gasteiger partial charge in [0.15, 0.2) is 0 Å². The minimum Gasteiger partial charge on any atom is -0.481 e. The third kappa shape index (κ3) is 8.40. The Morgan fingerprint density at radius 1 is 1.09 bits per heavy atom.